The van der Waals surface area contributed by atoms with E-state index in [-0.39, 0.29) is 0 Å². The minimum absolute atomic E-state index is 0.654. The number of nitrogens with zero attached hydrogens (tertiary/aromatic N) is 3. The highest BCUT2D eigenvalue weighted by molar-refractivity contribution is 5.79. The Morgan fingerprint density at radius 1 is 1.33 bits per heavy atom. The first-order valence-electron chi connectivity index (χ1n) is 6.58. The molecule has 1 aromatic heterocycles. The Morgan fingerprint density at radius 2 is 2.11 bits per heavy atom. The lowest BCUT2D eigenvalue weighted by Crippen LogP contribution is -2.41. The van der Waals surface area contributed by atoms with Crippen molar-refractivity contribution in [1.82, 2.24) is 14.9 Å². The number of aromatic nitrogens is 2. The summed E-state index contributed by atoms with van der Waals surface area (Å²) >= 11 is 0. The Hall–Kier alpha value is -1.55. The van der Waals surface area contributed by atoms with Crippen LogP contribution in [0.1, 0.15) is 12.8 Å². The lowest BCUT2D eigenvalue weighted by atomic mass is 10.0. The maximum Gasteiger partial charge on any atom is 0.0931 e. The van der Waals surface area contributed by atoms with E-state index in [9.17, 15) is 0 Å². The molecule has 0 aliphatic carbocycles. The fourth-order valence-corrected chi connectivity index (χ4v) is 2.74. The van der Waals surface area contributed by atoms with Gasteiger partial charge in [0, 0.05) is 18.8 Å². The van der Waals surface area contributed by atoms with Gasteiger partial charge in [0.15, 0.2) is 0 Å². The second-order valence-corrected chi connectivity index (χ2v) is 5.25. The van der Waals surface area contributed by atoms with Gasteiger partial charge in [-0.3, -0.25) is 0 Å². The Labute approximate surface area is 108 Å². The second-order valence-electron chi connectivity index (χ2n) is 5.25. The molecule has 1 aliphatic rings. The lowest BCUT2D eigenvalue weighted by Gasteiger charge is -2.36. The van der Waals surface area contributed by atoms with Gasteiger partial charge < -0.3 is 14.8 Å². The van der Waals surface area contributed by atoms with Crippen molar-refractivity contribution in [3.8, 4) is 0 Å². The van der Waals surface area contributed by atoms with Gasteiger partial charge in [0.05, 0.1) is 17.4 Å². The van der Waals surface area contributed by atoms with Crippen LogP contribution < -0.4 is 4.90 Å². The molecule has 1 aromatic carbocycles. The predicted molar refractivity (Wildman–Crippen MR) is 75.0 cm³/mol. The van der Waals surface area contributed by atoms with Crippen LogP contribution in [-0.2, 0) is 0 Å². The summed E-state index contributed by atoms with van der Waals surface area (Å²) in [4.78, 5) is 12.3. The van der Waals surface area contributed by atoms with Crippen LogP contribution in [0.15, 0.2) is 24.5 Å². The quantitative estimate of drug-likeness (QED) is 0.878. The molecule has 0 unspecified atom stereocenters. The van der Waals surface area contributed by atoms with Crippen LogP contribution in [0, 0.1) is 0 Å². The molecule has 4 nitrogen and oxygen atoms in total. The third-order valence-electron chi connectivity index (χ3n) is 4.05. The molecule has 1 aliphatic heterocycles. The molecule has 1 saturated heterocycles. The zero-order chi connectivity index (χ0) is 12.5. The fraction of sp³-hybridized carbons (Fsp3) is 0.500. The largest absolute Gasteiger partial charge is 0.371 e. The Kier molecular flexibility index (Phi) is 2.96. The third-order valence-corrected chi connectivity index (χ3v) is 4.05. The van der Waals surface area contributed by atoms with Crippen LogP contribution in [0.3, 0.4) is 0 Å². The standard InChI is InChI=1S/C14H20N4/c1-17-7-5-11(6-8-17)18(2)12-3-4-13-14(9-12)16-10-15-13/h3-4,9-11H,5-8H2,1-2H3,(H,15,16). The summed E-state index contributed by atoms with van der Waals surface area (Å²) in [6, 6.07) is 7.11. The predicted octanol–water partition coefficient (Wildman–Crippen LogP) is 2.09. The summed E-state index contributed by atoms with van der Waals surface area (Å²) in [5.74, 6) is 0. The second kappa shape index (κ2) is 4.61. The fourth-order valence-electron chi connectivity index (χ4n) is 2.74. The third kappa shape index (κ3) is 2.08. The molecule has 0 bridgehead atoms. The zero-order valence-corrected chi connectivity index (χ0v) is 11.1. The number of benzene rings is 1. The van der Waals surface area contributed by atoms with E-state index in [1.165, 1.54) is 31.6 Å². The maximum absolute atomic E-state index is 4.26. The van der Waals surface area contributed by atoms with E-state index in [0.717, 1.165) is 11.0 Å². The van der Waals surface area contributed by atoms with Gasteiger partial charge in [-0.1, -0.05) is 0 Å². The number of aromatic amines is 1. The molecule has 3 rings (SSSR count). The Bertz CT molecular complexity index is 525. The van der Waals surface area contributed by atoms with Crippen LogP contribution in [0.2, 0.25) is 0 Å². The zero-order valence-electron chi connectivity index (χ0n) is 11.1. The van der Waals surface area contributed by atoms with Crippen molar-refractivity contribution >= 4 is 16.7 Å². The summed E-state index contributed by atoms with van der Waals surface area (Å²) in [7, 11) is 4.40. The van der Waals surface area contributed by atoms with E-state index in [1.807, 2.05) is 0 Å². The van der Waals surface area contributed by atoms with E-state index in [1.54, 1.807) is 6.33 Å². The maximum atomic E-state index is 4.26. The molecule has 2 heterocycles. The van der Waals surface area contributed by atoms with Crippen LogP contribution in [0.5, 0.6) is 0 Å². The summed E-state index contributed by atoms with van der Waals surface area (Å²) < 4.78 is 0. The first-order chi connectivity index (χ1) is 8.74. The van der Waals surface area contributed by atoms with E-state index in [2.05, 4.69) is 52.1 Å². The van der Waals surface area contributed by atoms with Gasteiger partial charge in [0.2, 0.25) is 0 Å². The number of hydrogen-bond acceptors (Lipinski definition) is 3. The monoisotopic (exact) mass is 244 g/mol. The number of anilines is 1. The van der Waals surface area contributed by atoms with Gasteiger partial charge in [-0.25, -0.2) is 4.98 Å². The van der Waals surface area contributed by atoms with Crippen molar-refractivity contribution in [3.63, 3.8) is 0 Å². The molecule has 18 heavy (non-hydrogen) atoms. The number of H-pyrrole nitrogens is 1. The van der Waals surface area contributed by atoms with Crippen molar-refractivity contribution in [2.45, 2.75) is 18.9 Å². The Balaban J connectivity index is 1.80. The van der Waals surface area contributed by atoms with Crippen LogP contribution >= 0.6 is 0 Å². The number of likely N-dealkylation sites (tertiary alicyclic amines) is 1. The van der Waals surface area contributed by atoms with Crippen LogP contribution in [0.25, 0.3) is 11.0 Å². The molecule has 96 valence electrons. The summed E-state index contributed by atoms with van der Waals surface area (Å²) in [6.45, 7) is 2.39. The normalized spacial score (nSPS) is 18.3. The van der Waals surface area contributed by atoms with Gasteiger partial charge in [-0.2, -0.15) is 0 Å². The van der Waals surface area contributed by atoms with Crippen molar-refractivity contribution in [3.05, 3.63) is 24.5 Å². The van der Waals surface area contributed by atoms with Crippen molar-refractivity contribution in [2.75, 3.05) is 32.1 Å². The van der Waals surface area contributed by atoms with Gasteiger partial charge in [0.1, 0.15) is 0 Å². The molecule has 1 fully saturated rings. The topological polar surface area (TPSA) is 35.2 Å². The molecule has 0 radical (unpaired) electrons. The highest BCUT2D eigenvalue weighted by atomic mass is 15.2. The first kappa shape index (κ1) is 11.5. The van der Waals surface area contributed by atoms with E-state index < -0.39 is 0 Å². The van der Waals surface area contributed by atoms with Gasteiger partial charge >= 0.3 is 0 Å². The molecule has 0 spiro atoms. The minimum Gasteiger partial charge on any atom is -0.371 e. The molecule has 0 atom stereocenters. The van der Waals surface area contributed by atoms with Gasteiger partial charge in [-0.15, -0.1) is 0 Å². The summed E-state index contributed by atoms with van der Waals surface area (Å²) in [5, 5.41) is 0. The number of imidazole rings is 1. The molecule has 0 amide bonds. The number of rotatable bonds is 2. The number of fused-ring (bicyclic) bond motifs is 1. The summed E-state index contributed by atoms with van der Waals surface area (Å²) in [6.07, 6.45) is 4.24. The average Bonchev–Trinajstić information content (AvgIpc) is 2.86. The molecular weight excluding hydrogens is 224 g/mol. The number of hydrogen-bond donors (Lipinski definition) is 1. The van der Waals surface area contributed by atoms with Gasteiger partial charge in [0.25, 0.3) is 0 Å². The SMILES string of the molecule is CN1CCC(N(C)c2ccc3nc[nH]c3c2)CC1. The lowest BCUT2D eigenvalue weighted by molar-refractivity contribution is 0.253. The van der Waals surface area contributed by atoms with E-state index >= 15 is 0 Å². The molecular formula is C14H20N4. The van der Waals surface area contributed by atoms with E-state index in [4.69, 9.17) is 0 Å². The van der Waals surface area contributed by atoms with Crippen LogP contribution in [-0.4, -0.2) is 48.1 Å². The minimum atomic E-state index is 0.654. The number of piperidine rings is 1. The molecule has 4 heteroatoms. The highest BCUT2D eigenvalue weighted by Crippen LogP contribution is 2.24. The van der Waals surface area contributed by atoms with E-state index in [0.29, 0.717) is 6.04 Å². The molecule has 2 aromatic rings. The van der Waals surface area contributed by atoms with Gasteiger partial charge in [-0.05, 0) is 51.2 Å². The summed E-state index contributed by atoms with van der Waals surface area (Å²) in [5.41, 5.74) is 3.43. The molecule has 1 N–H and O–H groups in total. The Morgan fingerprint density at radius 3 is 2.89 bits per heavy atom. The molecule has 0 saturated carbocycles. The van der Waals surface area contributed by atoms with Crippen molar-refractivity contribution in [1.29, 1.82) is 0 Å². The first-order valence-corrected chi connectivity index (χ1v) is 6.58. The van der Waals surface area contributed by atoms with Crippen LogP contribution in [0.4, 0.5) is 5.69 Å². The highest BCUT2D eigenvalue weighted by Gasteiger charge is 2.20. The smallest absolute Gasteiger partial charge is 0.0931 e. The van der Waals surface area contributed by atoms with Crippen molar-refractivity contribution < 1.29 is 0 Å². The average molecular weight is 244 g/mol. The number of nitrogens with one attached hydrogen (secondary N) is 1. The van der Waals surface area contributed by atoms with Crippen molar-refractivity contribution in [2.24, 2.45) is 0 Å².